The first-order valence-corrected chi connectivity index (χ1v) is 16.6. The number of fused-ring (bicyclic) bond motifs is 6. The predicted molar refractivity (Wildman–Crippen MR) is 197 cm³/mol. The topological polar surface area (TPSA) is 29.3 Å². The number of nitrogens with zero attached hydrogens (tertiary/aromatic N) is 2. The van der Waals surface area contributed by atoms with E-state index < -0.39 is 0 Å². The maximum atomic E-state index is 6.64. The van der Waals surface area contributed by atoms with Crippen molar-refractivity contribution in [3.05, 3.63) is 158 Å². The van der Waals surface area contributed by atoms with Crippen LogP contribution in [0.15, 0.2) is 162 Å². The molecular formula is C43H26N2OS. The van der Waals surface area contributed by atoms with E-state index in [2.05, 4.69) is 150 Å². The summed E-state index contributed by atoms with van der Waals surface area (Å²) in [5, 5.41) is 5.73. The quantitative estimate of drug-likeness (QED) is 0.192. The standard InChI is InChI=1S/C43H26N2OS/c1-3-12-27(13-4-1)29-16-9-18-31(24-29)45(37-22-11-20-34-33-19-7-8-23-38(33)46-41(34)37)32-25-30-17-10-21-35-39(30)36(26-32)42-40(35)44-43(47-42)28-14-5-2-6-15-28/h1-26H. The summed E-state index contributed by atoms with van der Waals surface area (Å²) in [5.74, 6) is 0. The summed E-state index contributed by atoms with van der Waals surface area (Å²) in [7, 11) is 0. The molecule has 0 bridgehead atoms. The van der Waals surface area contributed by atoms with E-state index in [0.29, 0.717) is 0 Å². The van der Waals surface area contributed by atoms with Crippen LogP contribution in [0.2, 0.25) is 0 Å². The first-order chi connectivity index (χ1) is 23.3. The van der Waals surface area contributed by atoms with Gasteiger partial charge in [0.1, 0.15) is 10.6 Å². The van der Waals surface area contributed by atoms with E-state index in [1.165, 1.54) is 32.3 Å². The molecule has 10 rings (SSSR count). The van der Waals surface area contributed by atoms with E-state index in [1.807, 2.05) is 12.1 Å². The van der Waals surface area contributed by atoms with Crippen LogP contribution in [0.4, 0.5) is 17.1 Å². The smallest absolute Gasteiger partial charge is 0.159 e. The first-order valence-electron chi connectivity index (χ1n) is 15.8. The Hall–Kier alpha value is -5.97. The van der Waals surface area contributed by atoms with Gasteiger partial charge in [-0.3, -0.25) is 0 Å². The van der Waals surface area contributed by atoms with Crippen molar-refractivity contribution in [1.29, 1.82) is 0 Å². The highest BCUT2D eigenvalue weighted by atomic mass is 32.1. The van der Waals surface area contributed by atoms with Crippen LogP contribution in [-0.2, 0) is 0 Å². The predicted octanol–water partition coefficient (Wildman–Crippen LogP) is 12.6. The molecule has 4 heteroatoms. The molecule has 0 saturated heterocycles. The number of hydrogen-bond donors (Lipinski definition) is 0. The monoisotopic (exact) mass is 618 g/mol. The molecule has 1 aliphatic rings. The molecule has 0 unspecified atom stereocenters. The number of hydrogen-bond acceptors (Lipinski definition) is 4. The van der Waals surface area contributed by atoms with Crippen LogP contribution in [0.1, 0.15) is 0 Å². The molecule has 0 atom stereocenters. The van der Waals surface area contributed by atoms with E-state index in [0.717, 1.165) is 60.8 Å². The Labute approximate surface area is 275 Å². The number of benzene rings is 7. The van der Waals surface area contributed by atoms with Crippen molar-refractivity contribution in [3.63, 3.8) is 0 Å². The zero-order chi connectivity index (χ0) is 30.9. The minimum atomic E-state index is 0.869. The molecule has 0 aliphatic heterocycles. The van der Waals surface area contributed by atoms with Gasteiger partial charge in [-0.1, -0.05) is 121 Å². The number of thiazole rings is 1. The van der Waals surface area contributed by atoms with Crippen molar-refractivity contribution >= 4 is 61.1 Å². The molecule has 0 radical (unpaired) electrons. The van der Waals surface area contributed by atoms with E-state index in [-0.39, 0.29) is 0 Å². The second kappa shape index (κ2) is 10.3. The highest BCUT2D eigenvalue weighted by Gasteiger charge is 2.29. The van der Waals surface area contributed by atoms with Crippen LogP contribution in [-0.4, -0.2) is 4.98 Å². The summed E-state index contributed by atoms with van der Waals surface area (Å²) in [5.41, 5.74) is 11.9. The third-order valence-electron chi connectivity index (χ3n) is 9.20. The average molecular weight is 619 g/mol. The van der Waals surface area contributed by atoms with Crippen LogP contribution in [0.3, 0.4) is 0 Å². The van der Waals surface area contributed by atoms with Crippen LogP contribution >= 0.6 is 11.3 Å². The van der Waals surface area contributed by atoms with Crippen molar-refractivity contribution in [3.8, 4) is 43.4 Å². The van der Waals surface area contributed by atoms with Crippen molar-refractivity contribution < 1.29 is 4.42 Å². The second-order valence-electron chi connectivity index (χ2n) is 12.0. The van der Waals surface area contributed by atoms with Gasteiger partial charge in [0.15, 0.2) is 5.58 Å². The number of furan rings is 1. The van der Waals surface area contributed by atoms with Gasteiger partial charge in [-0.25, -0.2) is 4.98 Å². The fourth-order valence-electron chi connectivity index (χ4n) is 7.10. The maximum absolute atomic E-state index is 6.64. The van der Waals surface area contributed by atoms with Gasteiger partial charge in [0.25, 0.3) is 0 Å². The molecule has 0 spiro atoms. The third-order valence-corrected chi connectivity index (χ3v) is 10.3. The van der Waals surface area contributed by atoms with Gasteiger partial charge >= 0.3 is 0 Å². The van der Waals surface area contributed by atoms with Gasteiger partial charge in [0.05, 0.1) is 16.3 Å². The van der Waals surface area contributed by atoms with E-state index >= 15 is 0 Å². The lowest BCUT2D eigenvalue weighted by atomic mass is 10.0. The molecule has 2 aromatic heterocycles. The molecule has 1 aliphatic carbocycles. The van der Waals surface area contributed by atoms with Gasteiger partial charge < -0.3 is 9.32 Å². The second-order valence-corrected chi connectivity index (χ2v) is 13.0. The summed E-state index contributed by atoms with van der Waals surface area (Å²) >= 11 is 1.77. The van der Waals surface area contributed by atoms with Gasteiger partial charge in [-0.2, -0.15) is 0 Å². The molecule has 0 N–H and O–H groups in total. The largest absolute Gasteiger partial charge is 0.454 e. The molecular weight excluding hydrogens is 593 g/mol. The van der Waals surface area contributed by atoms with Crippen molar-refractivity contribution in [2.24, 2.45) is 0 Å². The fourth-order valence-corrected chi connectivity index (χ4v) is 8.21. The van der Waals surface area contributed by atoms with Crippen LogP contribution in [0.5, 0.6) is 0 Å². The Bertz CT molecular complexity index is 2640. The Kier molecular flexibility index (Phi) is 5.74. The molecule has 220 valence electrons. The number of aromatic nitrogens is 1. The van der Waals surface area contributed by atoms with Gasteiger partial charge in [0.2, 0.25) is 0 Å². The van der Waals surface area contributed by atoms with E-state index in [9.17, 15) is 0 Å². The lowest BCUT2D eigenvalue weighted by Gasteiger charge is -2.27. The van der Waals surface area contributed by atoms with Crippen molar-refractivity contribution in [1.82, 2.24) is 4.98 Å². The first kappa shape index (κ1) is 26.3. The average Bonchev–Trinajstić information content (AvgIpc) is 3.82. The SMILES string of the molecule is c1ccc(-c2cccc(N(c3cc4c5c(cccc5c3)-c3nc(-c5ccccc5)sc3-4)c3cccc4c3oc3ccccc34)c2)cc1. The Morgan fingerprint density at radius 3 is 2.13 bits per heavy atom. The zero-order valence-electron chi connectivity index (χ0n) is 25.2. The summed E-state index contributed by atoms with van der Waals surface area (Å²) in [4.78, 5) is 8.77. The minimum absolute atomic E-state index is 0.869. The number of rotatable bonds is 5. The normalized spacial score (nSPS) is 11.8. The van der Waals surface area contributed by atoms with E-state index in [1.54, 1.807) is 11.3 Å². The molecule has 0 saturated carbocycles. The van der Waals surface area contributed by atoms with Crippen LogP contribution in [0, 0.1) is 0 Å². The summed E-state index contributed by atoms with van der Waals surface area (Å²) < 4.78 is 6.64. The molecule has 0 amide bonds. The highest BCUT2D eigenvalue weighted by molar-refractivity contribution is 7.19. The molecule has 47 heavy (non-hydrogen) atoms. The van der Waals surface area contributed by atoms with Gasteiger partial charge in [-0.05, 0) is 58.3 Å². The zero-order valence-corrected chi connectivity index (χ0v) is 26.0. The summed E-state index contributed by atoms with van der Waals surface area (Å²) in [6.07, 6.45) is 0. The minimum Gasteiger partial charge on any atom is -0.454 e. The Balaban J connectivity index is 1.23. The van der Waals surface area contributed by atoms with Gasteiger partial charge in [0, 0.05) is 38.8 Å². The molecule has 9 aromatic rings. The lowest BCUT2D eigenvalue weighted by molar-refractivity contribution is 0.669. The molecule has 7 aromatic carbocycles. The number of para-hydroxylation sites is 2. The Morgan fingerprint density at radius 1 is 0.532 bits per heavy atom. The molecule has 2 heterocycles. The van der Waals surface area contributed by atoms with Crippen LogP contribution < -0.4 is 4.90 Å². The fraction of sp³-hybridized carbons (Fsp3) is 0. The third kappa shape index (κ3) is 4.09. The van der Waals surface area contributed by atoms with Gasteiger partial charge in [-0.15, -0.1) is 11.3 Å². The molecule has 0 fully saturated rings. The maximum Gasteiger partial charge on any atom is 0.159 e. The number of anilines is 3. The van der Waals surface area contributed by atoms with Crippen LogP contribution in [0.25, 0.3) is 76.1 Å². The van der Waals surface area contributed by atoms with Crippen molar-refractivity contribution in [2.75, 3.05) is 4.90 Å². The molecule has 3 nitrogen and oxygen atoms in total. The Morgan fingerprint density at radius 2 is 1.26 bits per heavy atom. The van der Waals surface area contributed by atoms with Crippen molar-refractivity contribution in [2.45, 2.75) is 0 Å². The lowest BCUT2D eigenvalue weighted by Crippen LogP contribution is -2.10. The summed E-state index contributed by atoms with van der Waals surface area (Å²) in [6.45, 7) is 0. The summed E-state index contributed by atoms with van der Waals surface area (Å²) in [6, 6.07) is 55.9. The van der Waals surface area contributed by atoms with E-state index in [4.69, 9.17) is 9.40 Å². The highest BCUT2D eigenvalue weighted by Crippen LogP contribution is 2.54.